The second-order valence-corrected chi connectivity index (χ2v) is 10.3. The number of hydrogen-bond acceptors (Lipinski definition) is 7. The highest BCUT2D eigenvalue weighted by molar-refractivity contribution is 7.09. The third-order valence-electron chi connectivity index (χ3n) is 6.49. The van der Waals surface area contributed by atoms with E-state index in [1.165, 1.54) is 11.3 Å². The summed E-state index contributed by atoms with van der Waals surface area (Å²) >= 11 is 7.56. The molecule has 1 N–H and O–H groups in total. The van der Waals surface area contributed by atoms with Crippen LogP contribution in [0, 0.1) is 6.92 Å². The van der Waals surface area contributed by atoms with Gasteiger partial charge in [-0.3, -0.25) is 9.59 Å². The van der Waals surface area contributed by atoms with Gasteiger partial charge in [-0.25, -0.2) is 4.98 Å². The lowest BCUT2D eigenvalue weighted by atomic mass is 9.96. The molecule has 0 spiro atoms. The van der Waals surface area contributed by atoms with E-state index in [-0.39, 0.29) is 17.7 Å². The van der Waals surface area contributed by atoms with Crippen molar-refractivity contribution in [2.24, 2.45) is 0 Å². The summed E-state index contributed by atoms with van der Waals surface area (Å²) in [6.07, 6.45) is 1.55. The number of thiazole rings is 1. The summed E-state index contributed by atoms with van der Waals surface area (Å²) in [5, 5.41) is 10.2. The van der Waals surface area contributed by atoms with Gasteiger partial charge in [-0.1, -0.05) is 59.2 Å². The number of rotatable bonds is 8. The number of aromatic nitrogens is 2. The maximum atomic E-state index is 13.4. The molecule has 3 heterocycles. The van der Waals surface area contributed by atoms with Crippen LogP contribution in [0.2, 0.25) is 5.02 Å². The number of amides is 2. The number of nitrogens with zero attached hydrogens (tertiary/aromatic N) is 3. The fourth-order valence-corrected chi connectivity index (χ4v) is 5.62. The smallest absolute Gasteiger partial charge is 0.270 e. The van der Waals surface area contributed by atoms with Crippen LogP contribution in [0.1, 0.15) is 50.4 Å². The van der Waals surface area contributed by atoms with Gasteiger partial charge in [0.25, 0.3) is 11.8 Å². The number of carbonyl (C=O) groups excluding carboxylic acids is 2. The Balaban J connectivity index is 1.13. The normalized spacial score (nSPS) is 13.9. The molecule has 5 rings (SSSR count). The number of carbonyl (C=O) groups is 2. The van der Waals surface area contributed by atoms with Gasteiger partial charge in [0.15, 0.2) is 0 Å². The van der Waals surface area contributed by atoms with Crippen LogP contribution >= 0.6 is 22.9 Å². The third kappa shape index (κ3) is 5.74. The predicted octanol–water partition coefficient (Wildman–Crippen LogP) is 5.59. The van der Waals surface area contributed by atoms with Crippen LogP contribution in [0.4, 0.5) is 0 Å². The number of halogens is 1. The Morgan fingerprint density at radius 3 is 2.63 bits per heavy atom. The van der Waals surface area contributed by atoms with E-state index in [2.05, 4.69) is 15.5 Å². The SMILES string of the molecule is Cc1onc(-c2ccccc2)c1C(=O)N1CCC(c2nc(C(=O)NCCOc3ccccc3Cl)cs2)CC1. The molecule has 0 saturated carbocycles. The molecule has 1 aliphatic rings. The fraction of sp³-hybridized carbons (Fsp3) is 0.286. The molecule has 10 heteroatoms. The third-order valence-corrected chi connectivity index (χ3v) is 7.81. The van der Waals surface area contributed by atoms with Crippen LogP contribution in [0.25, 0.3) is 11.3 Å². The van der Waals surface area contributed by atoms with Gasteiger partial charge in [0.2, 0.25) is 0 Å². The molecule has 196 valence electrons. The molecule has 2 aromatic carbocycles. The van der Waals surface area contributed by atoms with E-state index in [1.54, 1.807) is 24.4 Å². The quantitative estimate of drug-likeness (QED) is 0.287. The van der Waals surface area contributed by atoms with Crippen molar-refractivity contribution in [2.75, 3.05) is 26.2 Å². The summed E-state index contributed by atoms with van der Waals surface area (Å²) in [4.78, 5) is 32.4. The van der Waals surface area contributed by atoms with E-state index in [1.807, 2.05) is 47.4 Å². The van der Waals surface area contributed by atoms with Crippen molar-refractivity contribution in [3.63, 3.8) is 0 Å². The Morgan fingerprint density at radius 2 is 1.87 bits per heavy atom. The van der Waals surface area contributed by atoms with Crippen molar-refractivity contribution in [2.45, 2.75) is 25.7 Å². The molecule has 0 unspecified atom stereocenters. The van der Waals surface area contributed by atoms with Gasteiger partial charge < -0.3 is 19.5 Å². The second kappa shape index (κ2) is 11.8. The van der Waals surface area contributed by atoms with E-state index in [9.17, 15) is 9.59 Å². The molecule has 0 radical (unpaired) electrons. The number of hydrogen-bond donors (Lipinski definition) is 1. The maximum absolute atomic E-state index is 13.4. The topological polar surface area (TPSA) is 97.6 Å². The molecule has 2 amide bonds. The average molecular weight is 551 g/mol. The standard InChI is InChI=1S/C28H27ClN4O4S/c1-18-24(25(32-37-18)19-7-3-2-4-8-19)28(35)33-14-11-20(12-15-33)27-31-22(17-38-27)26(34)30-13-16-36-23-10-6-5-9-21(23)29/h2-10,17,20H,11-16H2,1H3,(H,30,34). The van der Waals surface area contributed by atoms with Crippen molar-refractivity contribution < 1.29 is 18.8 Å². The largest absolute Gasteiger partial charge is 0.490 e. The summed E-state index contributed by atoms with van der Waals surface area (Å²) in [5.41, 5.74) is 2.34. The zero-order chi connectivity index (χ0) is 26.5. The number of ether oxygens (including phenoxy) is 1. The second-order valence-electron chi connectivity index (χ2n) is 9.00. The minimum Gasteiger partial charge on any atom is -0.490 e. The van der Waals surface area contributed by atoms with Crippen LogP contribution in [0.5, 0.6) is 5.75 Å². The predicted molar refractivity (Wildman–Crippen MR) is 146 cm³/mol. The Morgan fingerprint density at radius 1 is 1.13 bits per heavy atom. The number of likely N-dealkylation sites (tertiary alicyclic amines) is 1. The first kappa shape index (κ1) is 25.9. The lowest BCUT2D eigenvalue weighted by molar-refractivity contribution is 0.0711. The van der Waals surface area contributed by atoms with Crippen molar-refractivity contribution in [3.8, 4) is 17.0 Å². The molecule has 0 atom stereocenters. The van der Waals surface area contributed by atoms with Crippen LogP contribution in [0.3, 0.4) is 0 Å². The highest BCUT2D eigenvalue weighted by atomic mass is 35.5. The minimum absolute atomic E-state index is 0.0701. The zero-order valence-corrected chi connectivity index (χ0v) is 22.4. The fourth-order valence-electron chi connectivity index (χ4n) is 4.46. The lowest BCUT2D eigenvalue weighted by Gasteiger charge is -2.31. The molecule has 0 bridgehead atoms. The molecule has 38 heavy (non-hydrogen) atoms. The number of aryl methyl sites for hydroxylation is 1. The van der Waals surface area contributed by atoms with Gasteiger partial charge in [-0.2, -0.15) is 0 Å². The lowest BCUT2D eigenvalue weighted by Crippen LogP contribution is -2.38. The van der Waals surface area contributed by atoms with Crippen molar-refractivity contribution >= 4 is 34.8 Å². The van der Waals surface area contributed by atoms with Gasteiger partial charge >= 0.3 is 0 Å². The Kier molecular flexibility index (Phi) is 8.05. The molecule has 1 saturated heterocycles. The van der Waals surface area contributed by atoms with E-state index < -0.39 is 0 Å². The average Bonchev–Trinajstić information content (AvgIpc) is 3.59. The van der Waals surface area contributed by atoms with Gasteiger partial charge in [-0.05, 0) is 31.9 Å². The molecular weight excluding hydrogens is 524 g/mol. The first-order chi connectivity index (χ1) is 18.5. The molecule has 8 nitrogen and oxygen atoms in total. The Bertz CT molecular complexity index is 1410. The number of para-hydroxylation sites is 1. The zero-order valence-electron chi connectivity index (χ0n) is 20.9. The molecule has 4 aromatic rings. The highest BCUT2D eigenvalue weighted by Gasteiger charge is 2.30. The number of benzene rings is 2. The van der Waals surface area contributed by atoms with Crippen LogP contribution in [-0.4, -0.2) is 53.1 Å². The molecular formula is C28H27ClN4O4S. The van der Waals surface area contributed by atoms with Crippen LogP contribution in [0.15, 0.2) is 64.5 Å². The van der Waals surface area contributed by atoms with Gasteiger partial charge in [0.1, 0.15) is 35.1 Å². The van der Waals surface area contributed by atoms with E-state index in [0.717, 1.165) is 23.4 Å². The van der Waals surface area contributed by atoms with E-state index in [4.69, 9.17) is 20.9 Å². The van der Waals surface area contributed by atoms with Crippen LogP contribution < -0.4 is 10.1 Å². The summed E-state index contributed by atoms with van der Waals surface area (Å²) in [6.45, 7) is 3.61. The Hall–Kier alpha value is -3.69. The Labute approximate surface area is 229 Å². The summed E-state index contributed by atoms with van der Waals surface area (Å²) in [7, 11) is 0. The first-order valence-corrected chi connectivity index (χ1v) is 13.7. The van der Waals surface area contributed by atoms with Gasteiger partial charge in [0.05, 0.1) is 16.6 Å². The van der Waals surface area contributed by atoms with Crippen molar-refractivity contribution in [1.29, 1.82) is 0 Å². The van der Waals surface area contributed by atoms with Gasteiger partial charge in [-0.15, -0.1) is 11.3 Å². The molecule has 2 aromatic heterocycles. The minimum atomic E-state index is -0.237. The summed E-state index contributed by atoms with van der Waals surface area (Å²) in [6, 6.07) is 16.8. The highest BCUT2D eigenvalue weighted by Crippen LogP contribution is 2.33. The summed E-state index contributed by atoms with van der Waals surface area (Å²) in [5.74, 6) is 0.994. The first-order valence-electron chi connectivity index (χ1n) is 12.4. The molecule has 1 aliphatic heterocycles. The number of nitrogens with one attached hydrogen (secondary N) is 1. The maximum Gasteiger partial charge on any atom is 0.270 e. The monoisotopic (exact) mass is 550 g/mol. The molecule has 0 aliphatic carbocycles. The summed E-state index contributed by atoms with van der Waals surface area (Å²) < 4.78 is 11.0. The van der Waals surface area contributed by atoms with Gasteiger partial charge in [0, 0.05) is 30.0 Å². The molecule has 1 fully saturated rings. The van der Waals surface area contributed by atoms with Crippen LogP contribution in [-0.2, 0) is 0 Å². The van der Waals surface area contributed by atoms with E-state index >= 15 is 0 Å². The van der Waals surface area contributed by atoms with Crippen molar-refractivity contribution in [3.05, 3.63) is 87.0 Å². The van der Waals surface area contributed by atoms with E-state index in [0.29, 0.717) is 59.7 Å². The number of piperidine rings is 1. The van der Waals surface area contributed by atoms with Crippen molar-refractivity contribution in [1.82, 2.24) is 20.4 Å².